The summed E-state index contributed by atoms with van der Waals surface area (Å²) in [7, 11) is 0. The highest BCUT2D eigenvalue weighted by Crippen LogP contribution is 2.27. The Kier molecular flexibility index (Phi) is 3.90. The van der Waals surface area contributed by atoms with Crippen molar-refractivity contribution in [3.05, 3.63) is 29.8 Å². The van der Waals surface area contributed by atoms with Crippen molar-refractivity contribution in [2.24, 2.45) is 11.1 Å². The molecule has 1 rings (SSSR count). The zero-order valence-electron chi connectivity index (χ0n) is 9.31. The molecule has 0 fully saturated rings. The van der Waals surface area contributed by atoms with Crippen molar-refractivity contribution in [1.82, 2.24) is 0 Å². The van der Waals surface area contributed by atoms with Gasteiger partial charge in [0, 0.05) is 6.54 Å². The molecule has 0 aliphatic carbocycles. The molecular formula is C12H17NO3. The van der Waals surface area contributed by atoms with Crippen LogP contribution in [0.4, 0.5) is 0 Å². The molecule has 0 heterocycles. The van der Waals surface area contributed by atoms with Gasteiger partial charge in [-0.3, -0.25) is 4.79 Å². The van der Waals surface area contributed by atoms with E-state index in [0.29, 0.717) is 12.8 Å². The number of carboxylic acids is 1. The van der Waals surface area contributed by atoms with Crippen LogP contribution in [0.15, 0.2) is 24.3 Å². The van der Waals surface area contributed by atoms with E-state index in [1.54, 1.807) is 24.3 Å². The lowest BCUT2D eigenvalue weighted by atomic mass is 9.79. The molecule has 0 radical (unpaired) electrons. The fourth-order valence-corrected chi connectivity index (χ4v) is 1.71. The second kappa shape index (κ2) is 4.99. The molecule has 4 N–H and O–H groups in total. The third kappa shape index (κ3) is 2.52. The molecule has 4 nitrogen and oxygen atoms in total. The molecule has 16 heavy (non-hydrogen) atoms. The van der Waals surface area contributed by atoms with Crippen LogP contribution in [0, 0.1) is 5.41 Å². The third-order valence-corrected chi connectivity index (χ3v) is 2.97. The summed E-state index contributed by atoms with van der Waals surface area (Å²) in [5, 5.41) is 18.5. The van der Waals surface area contributed by atoms with Gasteiger partial charge in [0.2, 0.25) is 0 Å². The molecule has 1 aromatic carbocycles. The van der Waals surface area contributed by atoms with E-state index in [9.17, 15) is 15.0 Å². The maximum Gasteiger partial charge on any atom is 0.311 e. The summed E-state index contributed by atoms with van der Waals surface area (Å²) in [5.74, 6) is -0.745. The fourth-order valence-electron chi connectivity index (χ4n) is 1.71. The second-order valence-electron chi connectivity index (χ2n) is 3.99. The molecular weight excluding hydrogens is 206 g/mol. The molecule has 0 saturated carbocycles. The van der Waals surface area contributed by atoms with Gasteiger partial charge in [0.15, 0.2) is 0 Å². The quantitative estimate of drug-likeness (QED) is 0.704. The minimum atomic E-state index is -0.937. The Morgan fingerprint density at radius 1 is 1.50 bits per heavy atom. The summed E-state index contributed by atoms with van der Waals surface area (Å²) in [6.45, 7) is 1.90. The first-order chi connectivity index (χ1) is 7.54. The maximum absolute atomic E-state index is 11.2. The Morgan fingerprint density at radius 2 is 2.19 bits per heavy atom. The first-order valence-electron chi connectivity index (χ1n) is 5.25. The number of carbonyl (C=O) groups is 1. The van der Waals surface area contributed by atoms with Crippen LogP contribution in [-0.2, 0) is 11.2 Å². The van der Waals surface area contributed by atoms with Crippen molar-refractivity contribution in [1.29, 1.82) is 0 Å². The average Bonchev–Trinajstić information content (AvgIpc) is 2.25. The number of aromatic hydroxyl groups is 1. The summed E-state index contributed by atoms with van der Waals surface area (Å²) in [5.41, 5.74) is 5.41. The Labute approximate surface area is 94.7 Å². The van der Waals surface area contributed by atoms with Crippen molar-refractivity contribution < 1.29 is 15.0 Å². The lowest BCUT2D eigenvalue weighted by Crippen LogP contribution is -2.40. The van der Waals surface area contributed by atoms with Crippen molar-refractivity contribution in [3.8, 4) is 5.75 Å². The number of nitrogens with two attached hydrogens (primary N) is 1. The third-order valence-electron chi connectivity index (χ3n) is 2.97. The lowest BCUT2D eigenvalue weighted by Gasteiger charge is -2.26. The van der Waals surface area contributed by atoms with Crippen LogP contribution in [0.1, 0.15) is 18.9 Å². The van der Waals surface area contributed by atoms with Gasteiger partial charge in [-0.1, -0.05) is 19.1 Å². The van der Waals surface area contributed by atoms with Crippen LogP contribution >= 0.6 is 0 Å². The van der Waals surface area contributed by atoms with Crippen LogP contribution < -0.4 is 5.73 Å². The molecule has 1 aromatic rings. The molecule has 0 aromatic heterocycles. The molecule has 0 bridgehead atoms. The zero-order chi connectivity index (χ0) is 12.2. The van der Waals surface area contributed by atoms with Gasteiger partial charge in [-0.25, -0.2) is 0 Å². The van der Waals surface area contributed by atoms with E-state index < -0.39 is 11.4 Å². The lowest BCUT2D eigenvalue weighted by molar-refractivity contribution is -0.148. The van der Waals surface area contributed by atoms with Crippen LogP contribution in [0.25, 0.3) is 0 Å². The minimum absolute atomic E-state index is 0.0918. The summed E-state index contributed by atoms with van der Waals surface area (Å²) >= 11 is 0. The topological polar surface area (TPSA) is 83.5 Å². The predicted octanol–water partition coefficient (Wildman–Crippen LogP) is 1.37. The molecule has 0 spiro atoms. The molecule has 4 heteroatoms. The Morgan fingerprint density at radius 3 is 2.62 bits per heavy atom. The monoisotopic (exact) mass is 223 g/mol. The number of phenols is 1. The molecule has 0 amide bonds. The summed E-state index contributed by atoms with van der Waals surface area (Å²) < 4.78 is 0. The molecule has 1 unspecified atom stereocenters. The van der Waals surface area contributed by atoms with Gasteiger partial charge in [-0.05, 0) is 30.5 Å². The number of rotatable bonds is 5. The highest BCUT2D eigenvalue weighted by molar-refractivity contribution is 5.75. The Bertz CT molecular complexity index is 372. The second-order valence-corrected chi connectivity index (χ2v) is 3.99. The molecule has 1 atom stereocenters. The first-order valence-corrected chi connectivity index (χ1v) is 5.25. The molecule has 0 saturated heterocycles. The van der Waals surface area contributed by atoms with Gasteiger partial charge in [-0.2, -0.15) is 0 Å². The first kappa shape index (κ1) is 12.5. The van der Waals surface area contributed by atoms with E-state index in [0.717, 1.165) is 5.56 Å². The van der Waals surface area contributed by atoms with Crippen molar-refractivity contribution in [2.45, 2.75) is 19.8 Å². The van der Waals surface area contributed by atoms with Crippen LogP contribution in [0.2, 0.25) is 0 Å². The van der Waals surface area contributed by atoms with Gasteiger partial charge in [0.25, 0.3) is 0 Å². The van der Waals surface area contributed by atoms with E-state index in [2.05, 4.69) is 0 Å². The van der Waals surface area contributed by atoms with E-state index in [-0.39, 0.29) is 12.3 Å². The molecule has 88 valence electrons. The zero-order valence-corrected chi connectivity index (χ0v) is 9.31. The molecule has 0 aliphatic rings. The number of benzene rings is 1. The normalized spacial score (nSPS) is 14.4. The van der Waals surface area contributed by atoms with E-state index >= 15 is 0 Å². The van der Waals surface area contributed by atoms with Gasteiger partial charge in [-0.15, -0.1) is 0 Å². The smallest absolute Gasteiger partial charge is 0.311 e. The maximum atomic E-state index is 11.2. The van der Waals surface area contributed by atoms with Gasteiger partial charge < -0.3 is 15.9 Å². The number of hydrogen-bond acceptors (Lipinski definition) is 3. The summed E-state index contributed by atoms with van der Waals surface area (Å²) in [6.07, 6.45) is 0.804. The highest BCUT2D eigenvalue weighted by Gasteiger charge is 2.35. The van der Waals surface area contributed by atoms with E-state index in [1.807, 2.05) is 6.92 Å². The number of phenolic OH excluding ortho intramolecular Hbond substituents is 1. The van der Waals surface area contributed by atoms with E-state index in [4.69, 9.17) is 5.73 Å². The van der Waals surface area contributed by atoms with Crippen LogP contribution in [-0.4, -0.2) is 22.7 Å². The average molecular weight is 223 g/mol. The van der Waals surface area contributed by atoms with E-state index in [1.165, 1.54) is 0 Å². The largest absolute Gasteiger partial charge is 0.508 e. The van der Waals surface area contributed by atoms with Crippen molar-refractivity contribution >= 4 is 5.97 Å². The van der Waals surface area contributed by atoms with Crippen LogP contribution in [0.3, 0.4) is 0 Å². The molecule has 0 aliphatic heterocycles. The standard InChI is InChI=1S/C12H17NO3/c1-2-12(8-13,11(15)16)7-9-4-3-5-10(14)6-9/h3-6,14H,2,7-8,13H2,1H3,(H,15,16). The van der Waals surface area contributed by atoms with Crippen molar-refractivity contribution in [3.63, 3.8) is 0 Å². The van der Waals surface area contributed by atoms with Gasteiger partial charge in [0.1, 0.15) is 5.75 Å². The summed E-state index contributed by atoms with van der Waals surface area (Å²) in [4.78, 5) is 11.2. The SMILES string of the molecule is CCC(CN)(Cc1cccc(O)c1)C(=O)O. The van der Waals surface area contributed by atoms with Crippen molar-refractivity contribution in [2.75, 3.05) is 6.54 Å². The number of carboxylic acid groups (broad SMARTS) is 1. The fraction of sp³-hybridized carbons (Fsp3) is 0.417. The van der Waals surface area contributed by atoms with Crippen LogP contribution in [0.5, 0.6) is 5.75 Å². The Balaban J connectivity index is 2.96. The Hall–Kier alpha value is -1.55. The number of aliphatic carboxylic acids is 1. The minimum Gasteiger partial charge on any atom is -0.508 e. The number of hydrogen-bond donors (Lipinski definition) is 3. The van der Waals surface area contributed by atoms with Gasteiger partial charge >= 0.3 is 5.97 Å². The summed E-state index contributed by atoms with van der Waals surface area (Å²) in [6, 6.07) is 6.62. The predicted molar refractivity (Wildman–Crippen MR) is 61.2 cm³/mol. The highest BCUT2D eigenvalue weighted by atomic mass is 16.4. The van der Waals surface area contributed by atoms with Gasteiger partial charge in [0.05, 0.1) is 5.41 Å².